The van der Waals surface area contributed by atoms with Crippen LogP contribution in [-0.2, 0) is 10.2 Å². The van der Waals surface area contributed by atoms with Gasteiger partial charge in [0, 0.05) is 28.7 Å². The fourth-order valence-electron chi connectivity index (χ4n) is 4.04. The topological polar surface area (TPSA) is 63.5 Å². The van der Waals surface area contributed by atoms with Crippen molar-refractivity contribution in [2.45, 2.75) is 37.5 Å². The van der Waals surface area contributed by atoms with Crippen molar-refractivity contribution in [2.24, 2.45) is 0 Å². The van der Waals surface area contributed by atoms with Gasteiger partial charge in [0.15, 0.2) is 0 Å². The highest BCUT2D eigenvalue weighted by Gasteiger charge is 2.49. The zero-order chi connectivity index (χ0) is 15.9. The number of allylic oxidation sites excluding steroid dienone is 2. The second-order valence-electron chi connectivity index (χ2n) is 5.97. The smallest absolute Gasteiger partial charge is 0.294 e. The predicted octanol–water partition coefficient (Wildman–Crippen LogP) is 4.09. The molecule has 0 radical (unpaired) electrons. The monoisotopic (exact) mass is 364 g/mol. The summed E-state index contributed by atoms with van der Waals surface area (Å²) in [6.45, 7) is 0. The van der Waals surface area contributed by atoms with Crippen LogP contribution < -0.4 is 4.90 Å². The first-order valence-electron chi connectivity index (χ1n) is 7.39. The normalized spacial score (nSPS) is 21.2. The van der Waals surface area contributed by atoms with Gasteiger partial charge in [0.25, 0.3) is 5.69 Å². The molecular formula is C16H17BrN2O3. The number of benzene rings is 1. The van der Waals surface area contributed by atoms with Gasteiger partial charge in [0.1, 0.15) is 12.0 Å². The van der Waals surface area contributed by atoms with Crippen LogP contribution in [0.1, 0.15) is 37.7 Å². The molecule has 1 aromatic rings. The highest BCUT2D eigenvalue weighted by molar-refractivity contribution is 9.10. The van der Waals surface area contributed by atoms with Gasteiger partial charge < -0.3 is 4.90 Å². The van der Waals surface area contributed by atoms with E-state index >= 15 is 0 Å². The third-order valence-corrected chi connectivity index (χ3v) is 5.34. The largest absolute Gasteiger partial charge is 0.341 e. The molecule has 0 unspecified atom stereocenters. The molecule has 1 saturated carbocycles. The van der Waals surface area contributed by atoms with Gasteiger partial charge in [-0.25, -0.2) is 0 Å². The van der Waals surface area contributed by atoms with E-state index in [0.717, 1.165) is 43.2 Å². The first-order valence-corrected chi connectivity index (χ1v) is 8.18. The van der Waals surface area contributed by atoms with E-state index in [1.807, 2.05) is 18.0 Å². The minimum Gasteiger partial charge on any atom is -0.341 e. The highest BCUT2D eigenvalue weighted by atomic mass is 79.9. The van der Waals surface area contributed by atoms with Crippen molar-refractivity contribution in [3.05, 3.63) is 44.1 Å². The van der Waals surface area contributed by atoms with Crippen LogP contribution in [0.5, 0.6) is 0 Å². The molecule has 0 bridgehead atoms. The number of likely N-dealkylation sites (N-methyl/N-ethyl adjacent to an activating group) is 1. The summed E-state index contributed by atoms with van der Waals surface area (Å²) in [5, 5.41) is 11.5. The van der Waals surface area contributed by atoms with Crippen molar-refractivity contribution < 1.29 is 9.72 Å². The van der Waals surface area contributed by atoms with Gasteiger partial charge in [-0.15, -0.1) is 0 Å². The molecule has 0 saturated heterocycles. The molecule has 1 fully saturated rings. The number of fused-ring (bicyclic) bond motifs is 2. The minimum atomic E-state index is -0.347. The van der Waals surface area contributed by atoms with Crippen molar-refractivity contribution in [3.8, 4) is 0 Å². The summed E-state index contributed by atoms with van der Waals surface area (Å²) in [6.07, 6.45) is 7.53. The fourth-order valence-corrected chi connectivity index (χ4v) is 4.48. The summed E-state index contributed by atoms with van der Waals surface area (Å²) < 4.78 is 0.712. The number of halogens is 1. The van der Waals surface area contributed by atoms with Crippen LogP contribution in [-0.4, -0.2) is 18.3 Å². The van der Waals surface area contributed by atoms with Crippen LogP contribution in [0, 0.1) is 10.1 Å². The van der Waals surface area contributed by atoms with E-state index < -0.39 is 0 Å². The van der Waals surface area contributed by atoms with Gasteiger partial charge in [-0.05, 0) is 30.5 Å². The van der Waals surface area contributed by atoms with Crippen LogP contribution in [0.4, 0.5) is 11.4 Å². The Hall–Kier alpha value is -1.69. The highest BCUT2D eigenvalue weighted by Crippen LogP contribution is 2.57. The van der Waals surface area contributed by atoms with E-state index in [-0.39, 0.29) is 16.0 Å². The van der Waals surface area contributed by atoms with Crippen molar-refractivity contribution in [1.82, 2.24) is 0 Å². The molecule has 0 amide bonds. The zero-order valence-electron chi connectivity index (χ0n) is 12.3. The van der Waals surface area contributed by atoms with Crippen LogP contribution in [0.15, 0.2) is 28.4 Å². The molecule has 1 aromatic carbocycles. The maximum atomic E-state index is 11.5. The van der Waals surface area contributed by atoms with Gasteiger partial charge in [0.05, 0.1) is 4.92 Å². The van der Waals surface area contributed by atoms with E-state index in [4.69, 9.17) is 0 Å². The summed E-state index contributed by atoms with van der Waals surface area (Å²) in [7, 11) is 1.82. The van der Waals surface area contributed by atoms with Gasteiger partial charge in [0.2, 0.25) is 0 Å². The molecule has 1 heterocycles. The van der Waals surface area contributed by atoms with Crippen LogP contribution in [0.2, 0.25) is 0 Å². The molecule has 0 N–H and O–H groups in total. The maximum Gasteiger partial charge on any atom is 0.294 e. The molecule has 1 spiro atoms. The predicted molar refractivity (Wildman–Crippen MR) is 88.1 cm³/mol. The Morgan fingerprint density at radius 1 is 1.32 bits per heavy atom. The molecule has 6 heteroatoms. The summed E-state index contributed by atoms with van der Waals surface area (Å²) in [4.78, 5) is 24.1. The van der Waals surface area contributed by atoms with Gasteiger partial charge >= 0.3 is 0 Å². The lowest BCUT2D eigenvalue weighted by Gasteiger charge is -2.36. The molecule has 116 valence electrons. The quantitative estimate of drug-likeness (QED) is 0.343. The number of hydrogen-bond donors (Lipinski definition) is 0. The van der Waals surface area contributed by atoms with E-state index in [1.165, 1.54) is 12.5 Å². The Balaban J connectivity index is 2.31. The number of nitro benzene ring substituents is 1. The number of rotatable bonds is 2. The molecule has 2 aliphatic rings. The van der Waals surface area contributed by atoms with E-state index in [9.17, 15) is 14.9 Å². The van der Waals surface area contributed by atoms with Crippen LogP contribution >= 0.6 is 15.9 Å². The summed E-state index contributed by atoms with van der Waals surface area (Å²) in [5.41, 5.74) is 2.31. The Labute approximate surface area is 137 Å². The van der Waals surface area contributed by atoms with E-state index in [0.29, 0.717) is 10.2 Å². The lowest BCUT2D eigenvalue weighted by Crippen LogP contribution is -2.32. The van der Waals surface area contributed by atoms with E-state index in [2.05, 4.69) is 15.9 Å². The number of nitrogens with zero attached hydrogens (tertiary/aromatic N) is 2. The van der Waals surface area contributed by atoms with E-state index in [1.54, 1.807) is 6.08 Å². The first kappa shape index (κ1) is 15.2. The summed E-state index contributed by atoms with van der Waals surface area (Å²) in [5.74, 6) is 0. The number of anilines is 1. The number of nitro groups is 1. The Kier molecular flexibility index (Phi) is 3.80. The number of hydrogen-bond acceptors (Lipinski definition) is 4. The fraction of sp³-hybridized carbons (Fsp3) is 0.438. The Bertz CT molecular complexity index is 678. The van der Waals surface area contributed by atoms with Gasteiger partial charge in [-0.3, -0.25) is 14.9 Å². The molecular weight excluding hydrogens is 348 g/mol. The summed E-state index contributed by atoms with van der Waals surface area (Å²) >= 11 is 3.40. The second kappa shape index (κ2) is 5.50. The molecule has 1 aliphatic heterocycles. The molecule has 3 rings (SSSR count). The van der Waals surface area contributed by atoms with Crippen molar-refractivity contribution in [2.75, 3.05) is 11.9 Å². The van der Waals surface area contributed by atoms with Crippen molar-refractivity contribution >= 4 is 33.6 Å². The molecule has 0 aromatic heterocycles. The van der Waals surface area contributed by atoms with Crippen molar-refractivity contribution in [3.63, 3.8) is 0 Å². The zero-order valence-corrected chi connectivity index (χ0v) is 13.9. The molecule has 0 atom stereocenters. The molecule has 5 nitrogen and oxygen atoms in total. The van der Waals surface area contributed by atoms with Crippen LogP contribution in [0.25, 0.3) is 0 Å². The average Bonchev–Trinajstić information content (AvgIpc) is 2.71. The number of carbonyl (C=O) groups is 1. The molecule has 1 aliphatic carbocycles. The second-order valence-corrected chi connectivity index (χ2v) is 6.88. The first-order chi connectivity index (χ1) is 10.5. The van der Waals surface area contributed by atoms with Crippen molar-refractivity contribution in [1.29, 1.82) is 0 Å². The Morgan fingerprint density at radius 2 is 2.00 bits per heavy atom. The standard InChI is InChI=1S/C16H17BrN2O3/c1-18-14(5-8-20)16(6-3-2-4-7-16)12-9-11(17)10-13(15(12)18)19(21)22/h5,8-10H,2-4,6-7H2,1H3/b14-5+. The lowest BCUT2D eigenvalue weighted by atomic mass is 9.68. The number of carbonyl (C=O) groups excluding carboxylic acids is 1. The SMILES string of the molecule is CN1/C(=C/C=O)C2(CCCCC2)c2cc(Br)cc([N+](=O)[O-])c21. The summed E-state index contributed by atoms with van der Waals surface area (Å²) in [6, 6.07) is 3.52. The minimum absolute atomic E-state index is 0.0890. The lowest BCUT2D eigenvalue weighted by molar-refractivity contribution is -0.384. The number of aldehydes is 1. The molecule has 22 heavy (non-hydrogen) atoms. The van der Waals surface area contributed by atoms with Gasteiger partial charge in [-0.1, -0.05) is 35.2 Å². The van der Waals surface area contributed by atoms with Gasteiger partial charge in [-0.2, -0.15) is 0 Å². The maximum absolute atomic E-state index is 11.5. The Morgan fingerprint density at radius 3 is 2.59 bits per heavy atom. The third-order valence-electron chi connectivity index (χ3n) is 4.89. The van der Waals surface area contributed by atoms with Crippen LogP contribution in [0.3, 0.4) is 0 Å². The third kappa shape index (κ3) is 2.08. The average molecular weight is 365 g/mol.